The molecule has 0 atom stereocenters. The van der Waals surface area contributed by atoms with E-state index in [-0.39, 0.29) is 0 Å². The van der Waals surface area contributed by atoms with Crippen LogP contribution in [0.1, 0.15) is 77.0 Å². The van der Waals surface area contributed by atoms with E-state index in [9.17, 15) is 0 Å². The quantitative estimate of drug-likeness (QED) is 0.482. The molecule has 0 heterocycles. The highest BCUT2D eigenvalue weighted by Crippen LogP contribution is 2.26. The molecule has 1 fully saturated rings. The minimum atomic E-state index is 1.13. The Balaban J connectivity index is 1.95. The second kappa shape index (κ2) is 8.34. The Kier molecular flexibility index (Phi) is 6.33. The van der Waals surface area contributed by atoms with Gasteiger partial charge in [0.25, 0.3) is 0 Å². The van der Waals surface area contributed by atoms with Crippen LogP contribution in [0.3, 0.4) is 0 Å². The van der Waals surface area contributed by atoms with Crippen LogP contribution in [0, 0.1) is 0 Å². The fraction of sp³-hybridized carbons (Fsp3) is 0.667. The van der Waals surface area contributed by atoms with Gasteiger partial charge in [-0.2, -0.15) is 0 Å². The lowest BCUT2D eigenvalue weighted by Gasteiger charge is -2.11. The lowest BCUT2D eigenvalue weighted by molar-refractivity contribution is 0.565. The third-order valence-electron chi connectivity index (χ3n) is 4.24. The van der Waals surface area contributed by atoms with Crippen molar-refractivity contribution in [3.63, 3.8) is 0 Å². The molecule has 0 aromatic heterocycles. The Labute approximate surface area is 113 Å². The summed E-state index contributed by atoms with van der Waals surface area (Å²) in [5.41, 5.74) is 3.28. The van der Waals surface area contributed by atoms with Gasteiger partial charge in [0, 0.05) is 0 Å². The maximum Gasteiger partial charge on any atom is -0.0160 e. The third kappa shape index (κ3) is 4.84. The highest BCUT2D eigenvalue weighted by Gasteiger charge is 2.07. The zero-order valence-corrected chi connectivity index (χ0v) is 11.8. The number of rotatable bonds is 0. The van der Waals surface area contributed by atoms with Crippen LogP contribution in [0.25, 0.3) is 0 Å². The van der Waals surface area contributed by atoms with E-state index in [2.05, 4.69) is 24.3 Å². The van der Waals surface area contributed by atoms with Gasteiger partial charge >= 0.3 is 0 Å². The summed E-state index contributed by atoms with van der Waals surface area (Å²) in [6.07, 6.45) is 26.1. The Morgan fingerprint density at radius 2 is 1.17 bits per heavy atom. The molecule has 0 spiro atoms. The molecule has 0 aliphatic heterocycles. The van der Waals surface area contributed by atoms with Crippen LogP contribution in [0.2, 0.25) is 0 Å². The molecule has 0 saturated heterocycles. The SMILES string of the molecule is C1=CCC=C2CCCCCCCCCCCC2=C1. The van der Waals surface area contributed by atoms with Gasteiger partial charge in [0.15, 0.2) is 0 Å². The first kappa shape index (κ1) is 13.6. The van der Waals surface area contributed by atoms with Crippen molar-refractivity contribution in [3.8, 4) is 0 Å². The van der Waals surface area contributed by atoms with Gasteiger partial charge in [0.2, 0.25) is 0 Å². The van der Waals surface area contributed by atoms with Crippen molar-refractivity contribution in [3.05, 3.63) is 35.5 Å². The van der Waals surface area contributed by atoms with Crippen LogP contribution in [-0.2, 0) is 0 Å². The normalized spacial score (nSPS) is 23.6. The molecule has 0 aromatic rings. The smallest absolute Gasteiger partial charge is 0.0160 e. The van der Waals surface area contributed by atoms with Crippen molar-refractivity contribution in [1.29, 1.82) is 0 Å². The molecule has 0 heteroatoms. The number of fused-ring (bicyclic) bond motifs is 1. The van der Waals surface area contributed by atoms with E-state index in [4.69, 9.17) is 0 Å². The summed E-state index contributed by atoms with van der Waals surface area (Å²) >= 11 is 0. The van der Waals surface area contributed by atoms with Crippen LogP contribution in [-0.4, -0.2) is 0 Å². The van der Waals surface area contributed by atoms with E-state index in [1.807, 2.05) is 0 Å². The summed E-state index contributed by atoms with van der Waals surface area (Å²) in [4.78, 5) is 0. The Morgan fingerprint density at radius 1 is 0.611 bits per heavy atom. The predicted molar refractivity (Wildman–Crippen MR) is 80.7 cm³/mol. The largest absolute Gasteiger partial charge is 0.0807 e. The summed E-state index contributed by atoms with van der Waals surface area (Å²) in [5, 5.41) is 0. The van der Waals surface area contributed by atoms with Gasteiger partial charge in [-0.05, 0) is 43.3 Å². The van der Waals surface area contributed by atoms with Gasteiger partial charge in [-0.15, -0.1) is 0 Å². The molecule has 0 amide bonds. The van der Waals surface area contributed by atoms with Gasteiger partial charge in [-0.25, -0.2) is 0 Å². The van der Waals surface area contributed by atoms with Gasteiger partial charge in [0.1, 0.15) is 0 Å². The highest BCUT2D eigenvalue weighted by atomic mass is 14.1. The molecule has 2 aliphatic rings. The molecule has 0 radical (unpaired) electrons. The molecule has 2 aliphatic carbocycles. The van der Waals surface area contributed by atoms with Crippen LogP contribution >= 0.6 is 0 Å². The molecule has 100 valence electrons. The van der Waals surface area contributed by atoms with Crippen LogP contribution < -0.4 is 0 Å². The molecule has 0 bridgehead atoms. The molecule has 1 saturated carbocycles. The minimum Gasteiger partial charge on any atom is -0.0807 e. The standard InChI is InChI=1S/C18H28/c1-2-4-6-9-13-17-15-11-8-12-16-18(17)14-10-7-5-3-1/h8,11,15-16H,1-7,9-10,12-14H2. The van der Waals surface area contributed by atoms with E-state index in [1.54, 1.807) is 11.1 Å². The van der Waals surface area contributed by atoms with Crippen molar-refractivity contribution in [2.24, 2.45) is 0 Å². The van der Waals surface area contributed by atoms with Crippen molar-refractivity contribution in [1.82, 2.24) is 0 Å². The topological polar surface area (TPSA) is 0 Å². The zero-order valence-electron chi connectivity index (χ0n) is 11.8. The first-order valence-electron chi connectivity index (χ1n) is 8.02. The van der Waals surface area contributed by atoms with Crippen LogP contribution in [0.15, 0.2) is 35.5 Å². The summed E-state index contributed by atoms with van der Waals surface area (Å²) < 4.78 is 0. The van der Waals surface area contributed by atoms with Crippen LogP contribution in [0.4, 0.5) is 0 Å². The summed E-state index contributed by atoms with van der Waals surface area (Å²) in [5.74, 6) is 0. The van der Waals surface area contributed by atoms with E-state index >= 15 is 0 Å². The molecule has 0 nitrogen and oxygen atoms in total. The summed E-state index contributed by atoms with van der Waals surface area (Å²) in [6, 6.07) is 0. The number of hydrogen-bond acceptors (Lipinski definition) is 0. The molecule has 0 N–H and O–H groups in total. The van der Waals surface area contributed by atoms with Crippen molar-refractivity contribution >= 4 is 0 Å². The summed E-state index contributed by atoms with van der Waals surface area (Å²) in [6.45, 7) is 0. The maximum atomic E-state index is 2.47. The second-order valence-corrected chi connectivity index (χ2v) is 5.77. The zero-order chi connectivity index (χ0) is 12.5. The summed E-state index contributed by atoms with van der Waals surface area (Å²) in [7, 11) is 0. The third-order valence-corrected chi connectivity index (χ3v) is 4.24. The Morgan fingerprint density at radius 3 is 1.83 bits per heavy atom. The Bertz CT molecular complexity index is 317. The molecule has 0 unspecified atom stereocenters. The molecule has 18 heavy (non-hydrogen) atoms. The average Bonchev–Trinajstić information content (AvgIpc) is 2.59. The lowest BCUT2D eigenvalue weighted by Crippen LogP contribution is -1.92. The predicted octanol–water partition coefficient (Wildman–Crippen LogP) is 6.10. The average molecular weight is 244 g/mol. The number of allylic oxidation sites excluding steroid dienone is 6. The van der Waals surface area contributed by atoms with E-state index in [1.165, 1.54) is 70.6 Å². The minimum absolute atomic E-state index is 1.13. The van der Waals surface area contributed by atoms with Gasteiger partial charge in [0.05, 0.1) is 0 Å². The van der Waals surface area contributed by atoms with Gasteiger partial charge < -0.3 is 0 Å². The van der Waals surface area contributed by atoms with Crippen molar-refractivity contribution in [2.45, 2.75) is 77.0 Å². The van der Waals surface area contributed by atoms with Crippen molar-refractivity contribution in [2.75, 3.05) is 0 Å². The monoisotopic (exact) mass is 244 g/mol. The molecular weight excluding hydrogens is 216 g/mol. The molecular formula is C18H28. The molecule has 0 aromatic carbocycles. The molecule has 2 rings (SSSR count). The first-order valence-corrected chi connectivity index (χ1v) is 8.02. The fourth-order valence-electron chi connectivity index (χ4n) is 3.09. The highest BCUT2D eigenvalue weighted by molar-refractivity contribution is 5.36. The van der Waals surface area contributed by atoms with E-state index in [0.717, 1.165) is 6.42 Å². The van der Waals surface area contributed by atoms with Gasteiger partial charge in [-0.3, -0.25) is 0 Å². The first-order chi connectivity index (χ1) is 8.97. The second-order valence-electron chi connectivity index (χ2n) is 5.77. The van der Waals surface area contributed by atoms with E-state index in [0.29, 0.717) is 0 Å². The lowest BCUT2D eigenvalue weighted by atomic mass is 9.95. The van der Waals surface area contributed by atoms with Crippen molar-refractivity contribution < 1.29 is 0 Å². The number of hydrogen-bond donors (Lipinski definition) is 0. The van der Waals surface area contributed by atoms with E-state index < -0.39 is 0 Å². The maximum absolute atomic E-state index is 2.47. The van der Waals surface area contributed by atoms with Crippen LogP contribution in [0.5, 0.6) is 0 Å². The van der Waals surface area contributed by atoms with Gasteiger partial charge in [-0.1, -0.05) is 69.2 Å². The Hall–Kier alpha value is -0.780. The fourth-order valence-corrected chi connectivity index (χ4v) is 3.09.